The number of hydrogen-bond acceptors (Lipinski definition) is 1. The van der Waals surface area contributed by atoms with E-state index in [1.54, 1.807) is 18.2 Å². The maximum atomic E-state index is 12.4. The van der Waals surface area contributed by atoms with E-state index >= 15 is 0 Å². The lowest BCUT2D eigenvalue weighted by Gasteiger charge is -2.22. The van der Waals surface area contributed by atoms with E-state index in [1.165, 1.54) is 6.08 Å². The van der Waals surface area contributed by atoms with Crippen LogP contribution in [0, 0.1) is 0 Å². The van der Waals surface area contributed by atoms with Gasteiger partial charge in [0.05, 0.1) is 0 Å². The van der Waals surface area contributed by atoms with Gasteiger partial charge < -0.3 is 4.90 Å². The van der Waals surface area contributed by atoms with Crippen LogP contribution in [-0.4, -0.2) is 30.1 Å². The Bertz CT molecular complexity index is 505. The van der Waals surface area contributed by atoms with Crippen molar-refractivity contribution in [1.82, 2.24) is 4.90 Å². The lowest BCUT2D eigenvalue weighted by molar-refractivity contribution is -0.184. The largest absolute Gasteiger partial charge is 0.471 e. The Balaban J connectivity index is 2.79. The lowest BCUT2D eigenvalue weighted by atomic mass is 10.1. The average Bonchev–Trinajstić information content (AvgIpc) is 2.36. The van der Waals surface area contributed by atoms with E-state index in [0.717, 1.165) is 10.0 Å². The third kappa shape index (κ3) is 4.83. The van der Waals surface area contributed by atoms with Gasteiger partial charge in [0.15, 0.2) is 0 Å². The highest BCUT2D eigenvalue weighted by molar-refractivity contribution is 9.10. The van der Waals surface area contributed by atoms with Crippen LogP contribution in [0.2, 0.25) is 5.02 Å². The van der Waals surface area contributed by atoms with Crippen molar-refractivity contribution in [2.24, 2.45) is 0 Å². The van der Waals surface area contributed by atoms with Crippen molar-refractivity contribution < 1.29 is 18.0 Å². The molecule has 1 aromatic rings. The first-order chi connectivity index (χ1) is 9.25. The minimum absolute atomic E-state index is 0.0662. The van der Waals surface area contributed by atoms with Gasteiger partial charge in [-0.25, -0.2) is 0 Å². The molecule has 0 atom stereocenters. The molecule has 2 nitrogen and oxygen atoms in total. The number of rotatable bonds is 5. The number of halogens is 5. The maximum Gasteiger partial charge on any atom is 0.471 e. The molecule has 0 heterocycles. The minimum Gasteiger partial charge on any atom is -0.331 e. The summed E-state index contributed by atoms with van der Waals surface area (Å²) in [7, 11) is 0. The SMILES string of the molecule is C=CCN(CCc1cc(Cl)ccc1Br)C(=O)C(F)(F)F. The van der Waals surface area contributed by atoms with Gasteiger partial charge in [-0.05, 0) is 30.2 Å². The van der Waals surface area contributed by atoms with E-state index in [2.05, 4.69) is 22.5 Å². The zero-order valence-electron chi connectivity index (χ0n) is 10.4. The first-order valence-corrected chi connectivity index (χ1v) is 6.83. The molecule has 0 aromatic heterocycles. The first kappa shape index (κ1) is 17.0. The molecule has 0 radical (unpaired) electrons. The Morgan fingerprint density at radius 3 is 2.65 bits per heavy atom. The number of alkyl halides is 3. The van der Waals surface area contributed by atoms with Crippen molar-refractivity contribution in [2.75, 3.05) is 13.1 Å². The number of nitrogens with zero attached hydrogens (tertiary/aromatic N) is 1. The molecule has 0 fully saturated rings. The van der Waals surface area contributed by atoms with Gasteiger partial charge in [-0.2, -0.15) is 13.2 Å². The molecule has 0 spiro atoms. The molecule has 0 N–H and O–H groups in total. The van der Waals surface area contributed by atoms with Crippen LogP contribution in [0.5, 0.6) is 0 Å². The van der Waals surface area contributed by atoms with Crippen LogP contribution in [0.1, 0.15) is 5.56 Å². The highest BCUT2D eigenvalue weighted by atomic mass is 79.9. The molecule has 0 unspecified atom stereocenters. The Labute approximate surface area is 128 Å². The van der Waals surface area contributed by atoms with Crippen LogP contribution in [-0.2, 0) is 11.2 Å². The summed E-state index contributed by atoms with van der Waals surface area (Å²) in [5.74, 6) is -1.87. The summed E-state index contributed by atoms with van der Waals surface area (Å²) in [5, 5.41) is 0.487. The number of carbonyl (C=O) groups is 1. The number of hydrogen-bond donors (Lipinski definition) is 0. The molecule has 0 bridgehead atoms. The predicted octanol–water partition coefficient (Wildman–Crippen LogP) is 4.22. The molecule has 1 amide bonds. The number of benzene rings is 1. The van der Waals surface area contributed by atoms with E-state index in [9.17, 15) is 18.0 Å². The smallest absolute Gasteiger partial charge is 0.331 e. The van der Waals surface area contributed by atoms with Gasteiger partial charge >= 0.3 is 12.1 Å². The van der Waals surface area contributed by atoms with Crippen LogP contribution < -0.4 is 0 Å². The topological polar surface area (TPSA) is 20.3 Å². The number of carbonyl (C=O) groups excluding carboxylic acids is 1. The third-order valence-corrected chi connectivity index (χ3v) is 3.55. The Kier molecular flexibility index (Phi) is 6.07. The predicted molar refractivity (Wildman–Crippen MR) is 75.7 cm³/mol. The van der Waals surface area contributed by atoms with Crippen molar-refractivity contribution in [3.05, 3.63) is 45.9 Å². The zero-order chi connectivity index (χ0) is 15.3. The van der Waals surface area contributed by atoms with Gasteiger partial charge in [-0.1, -0.05) is 33.6 Å². The van der Waals surface area contributed by atoms with Gasteiger partial charge in [0.2, 0.25) is 0 Å². The van der Waals surface area contributed by atoms with Crippen molar-refractivity contribution >= 4 is 33.4 Å². The van der Waals surface area contributed by atoms with E-state index in [1.807, 2.05) is 0 Å². The van der Waals surface area contributed by atoms with Gasteiger partial charge in [-0.3, -0.25) is 4.79 Å². The van der Waals surface area contributed by atoms with Gasteiger partial charge in [0.25, 0.3) is 0 Å². The van der Waals surface area contributed by atoms with Crippen LogP contribution in [0.25, 0.3) is 0 Å². The standard InChI is InChI=1S/C13H12BrClF3NO/c1-2-6-19(12(20)13(16,17)18)7-5-9-8-10(15)3-4-11(9)14/h2-4,8H,1,5-7H2. The molecule has 0 aliphatic heterocycles. The molecule has 0 aliphatic rings. The second-order valence-electron chi connectivity index (χ2n) is 4.02. The molecule has 0 saturated carbocycles. The highest BCUT2D eigenvalue weighted by Gasteiger charge is 2.41. The van der Waals surface area contributed by atoms with Crippen LogP contribution >= 0.6 is 27.5 Å². The fourth-order valence-corrected chi connectivity index (χ4v) is 2.24. The molecule has 20 heavy (non-hydrogen) atoms. The average molecular weight is 371 g/mol. The molecule has 1 rings (SSSR count). The molecular weight excluding hydrogens is 359 g/mol. The van der Waals surface area contributed by atoms with E-state index in [0.29, 0.717) is 9.92 Å². The summed E-state index contributed by atoms with van der Waals surface area (Å²) in [6.45, 7) is 3.14. The van der Waals surface area contributed by atoms with Gasteiger partial charge in [0.1, 0.15) is 0 Å². The quantitative estimate of drug-likeness (QED) is 0.711. The molecule has 1 aromatic carbocycles. The Morgan fingerprint density at radius 2 is 2.10 bits per heavy atom. The molecule has 7 heteroatoms. The second-order valence-corrected chi connectivity index (χ2v) is 5.31. The maximum absolute atomic E-state index is 12.4. The Morgan fingerprint density at radius 1 is 1.45 bits per heavy atom. The fraction of sp³-hybridized carbons (Fsp3) is 0.308. The second kappa shape index (κ2) is 7.13. The van der Waals surface area contributed by atoms with Crippen molar-refractivity contribution in [1.29, 1.82) is 0 Å². The monoisotopic (exact) mass is 369 g/mol. The Hall–Kier alpha value is -1.01. The summed E-state index contributed by atoms with van der Waals surface area (Å²) >= 11 is 9.12. The van der Waals surface area contributed by atoms with Crippen molar-refractivity contribution in [3.8, 4) is 0 Å². The summed E-state index contributed by atoms with van der Waals surface area (Å²) in [6.07, 6.45) is -3.36. The third-order valence-electron chi connectivity index (χ3n) is 2.54. The van der Waals surface area contributed by atoms with E-state index in [4.69, 9.17) is 11.6 Å². The normalized spacial score (nSPS) is 11.2. The van der Waals surface area contributed by atoms with Gasteiger partial charge in [0, 0.05) is 22.6 Å². The molecule has 0 aliphatic carbocycles. The van der Waals surface area contributed by atoms with Crippen molar-refractivity contribution in [3.63, 3.8) is 0 Å². The van der Waals surface area contributed by atoms with Crippen LogP contribution in [0.4, 0.5) is 13.2 Å². The number of amides is 1. The summed E-state index contributed by atoms with van der Waals surface area (Å²) in [5.41, 5.74) is 0.738. The van der Waals surface area contributed by atoms with Gasteiger partial charge in [-0.15, -0.1) is 6.58 Å². The molecule has 0 saturated heterocycles. The molecule has 110 valence electrons. The van der Waals surface area contributed by atoms with E-state index in [-0.39, 0.29) is 19.5 Å². The lowest BCUT2D eigenvalue weighted by Crippen LogP contribution is -2.42. The summed E-state index contributed by atoms with van der Waals surface area (Å²) < 4.78 is 38.0. The fourth-order valence-electron chi connectivity index (χ4n) is 1.60. The highest BCUT2D eigenvalue weighted by Crippen LogP contribution is 2.23. The zero-order valence-corrected chi connectivity index (χ0v) is 12.7. The van der Waals surface area contributed by atoms with Crippen LogP contribution in [0.3, 0.4) is 0 Å². The van der Waals surface area contributed by atoms with E-state index < -0.39 is 12.1 Å². The molecular formula is C13H12BrClF3NO. The van der Waals surface area contributed by atoms with Crippen molar-refractivity contribution in [2.45, 2.75) is 12.6 Å². The first-order valence-electron chi connectivity index (χ1n) is 5.66. The van der Waals surface area contributed by atoms with Crippen LogP contribution in [0.15, 0.2) is 35.3 Å². The summed E-state index contributed by atoms with van der Waals surface area (Å²) in [6, 6.07) is 5.02. The summed E-state index contributed by atoms with van der Waals surface area (Å²) in [4.78, 5) is 12.0. The minimum atomic E-state index is -4.88.